The Labute approximate surface area is 248 Å². The summed E-state index contributed by atoms with van der Waals surface area (Å²) < 4.78 is 11.1. The lowest BCUT2D eigenvalue weighted by Gasteiger charge is -2.40. The van der Waals surface area contributed by atoms with E-state index in [0.29, 0.717) is 6.42 Å². The van der Waals surface area contributed by atoms with Gasteiger partial charge in [-0.1, -0.05) is 116 Å². The highest BCUT2D eigenvalue weighted by molar-refractivity contribution is 5.76. The highest BCUT2D eigenvalue weighted by atomic mass is 16.7. The molecule has 1 aliphatic heterocycles. The molecule has 0 bridgehead atoms. The Kier molecular flexibility index (Phi) is 22.6. The number of unbranched alkanes of at least 4 members (excludes halogenated alkanes) is 15. The first-order valence-corrected chi connectivity index (χ1v) is 16.4. The van der Waals surface area contributed by atoms with E-state index in [1.807, 2.05) is 6.08 Å². The quantitative estimate of drug-likeness (QED) is 0.0685. The van der Waals surface area contributed by atoms with Crippen molar-refractivity contribution in [2.75, 3.05) is 13.2 Å². The lowest BCUT2D eigenvalue weighted by Crippen LogP contribution is -2.60. The number of hydrogen-bond acceptors (Lipinski definition) is 8. The molecule has 1 aliphatic rings. The van der Waals surface area contributed by atoms with Gasteiger partial charge < -0.3 is 40.3 Å². The summed E-state index contributed by atoms with van der Waals surface area (Å²) in [5.41, 5.74) is 0. The van der Waals surface area contributed by atoms with Crippen molar-refractivity contribution >= 4 is 5.91 Å². The fraction of sp³-hybridized carbons (Fsp3) is 0.906. The number of carbonyl (C=O) groups is 1. The molecule has 41 heavy (non-hydrogen) atoms. The third-order valence-electron chi connectivity index (χ3n) is 7.86. The maximum Gasteiger partial charge on any atom is 0.220 e. The summed E-state index contributed by atoms with van der Waals surface area (Å²) in [6.45, 7) is 3.67. The molecule has 0 aromatic rings. The van der Waals surface area contributed by atoms with Crippen LogP contribution in [-0.4, -0.2) is 87.5 Å². The van der Waals surface area contributed by atoms with Crippen LogP contribution in [0.3, 0.4) is 0 Å². The fourth-order valence-corrected chi connectivity index (χ4v) is 5.09. The number of allylic oxidation sites excluding steroid dienone is 1. The molecular weight excluding hydrogens is 526 g/mol. The normalized spacial score (nSPS) is 24.5. The molecule has 7 atom stereocenters. The SMILES string of the molecule is CCCCCCCCC/C=C/[C@@H](O)[C@H](CO[C@@H]1O[C@H](CO)[C@@H](O)C(O)C1O)NC(=O)CCCCCCCCCCC. The number of amides is 1. The molecule has 2 unspecified atom stereocenters. The van der Waals surface area contributed by atoms with Crippen molar-refractivity contribution in [3.05, 3.63) is 12.2 Å². The van der Waals surface area contributed by atoms with Crippen molar-refractivity contribution in [1.82, 2.24) is 5.32 Å². The smallest absolute Gasteiger partial charge is 0.220 e. The summed E-state index contributed by atoms with van der Waals surface area (Å²) in [7, 11) is 0. The van der Waals surface area contributed by atoms with E-state index in [1.165, 1.54) is 70.6 Å². The van der Waals surface area contributed by atoms with Crippen molar-refractivity contribution in [1.29, 1.82) is 0 Å². The zero-order valence-corrected chi connectivity index (χ0v) is 25.8. The molecule has 0 saturated carbocycles. The van der Waals surface area contributed by atoms with Crippen LogP contribution < -0.4 is 5.32 Å². The van der Waals surface area contributed by atoms with E-state index in [1.54, 1.807) is 6.08 Å². The molecule has 0 aromatic heterocycles. The monoisotopic (exact) mass is 587 g/mol. The van der Waals surface area contributed by atoms with Crippen LogP contribution in [0.25, 0.3) is 0 Å². The predicted molar refractivity (Wildman–Crippen MR) is 161 cm³/mol. The highest BCUT2D eigenvalue weighted by Gasteiger charge is 2.44. The van der Waals surface area contributed by atoms with Crippen LogP contribution in [0.2, 0.25) is 0 Å². The van der Waals surface area contributed by atoms with Gasteiger partial charge in [0, 0.05) is 6.42 Å². The third kappa shape index (κ3) is 17.0. The van der Waals surface area contributed by atoms with E-state index in [4.69, 9.17) is 9.47 Å². The number of hydrogen-bond donors (Lipinski definition) is 6. The van der Waals surface area contributed by atoms with E-state index in [9.17, 15) is 30.3 Å². The maximum atomic E-state index is 12.7. The van der Waals surface area contributed by atoms with Gasteiger partial charge in [0.05, 0.1) is 25.4 Å². The van der Waals surface area contributed by atoms with Crippen molar-refractivity contribution in [2.24, 2.45) is 0 Å². The Hall–Kier alpha value is -1.07. The maximum absolute atomic E-state index is 12.7. The molecule has 0 aromatic carbocycles. The molecule has 0 spiro atoms. The fourth-order valence-electron chi connectivity index (χ4n) is 5.09. The van der Waals surface area contributed by atoms with Crippen molar-refractivity contribution in [2.45, 2.75) is 172 Å². The third-order valence-corrected chi connectivity index (χ3v) is 7.86. The number of rotatable bonds is 25. The average molecular weight is 588 g/mol. The Morgan fingerprint density at radius 1 is 0.805 bits per heavy atom. The molecule has 0 aliphatic carbocycles. The molecular formula is C32H61NO8. The largest absolute Gasteiger partial charge is 0.394 e. The number of aliphatic hydroxyl groups excluding tert-OH is 5. The van der Waals surface area contributed by atoms with Crippen LogP contribution in [0.5, 0.6) is 0 Å². The molecule has 9 heteroatoms. The van der Waals surface area contributed by atoms with Gasteiger partial charge in [0.25, 0.3) is 0 Å². The van der Waals surface area contributed by atoms with Crippen LogP contribution in [0.1, 0.15) is 129 Å². The second kappa shape index (κ2) is 24.4. The zero-order chi connectivity index (χ0) is 30.3. The van der Waals surface area contributed by atoms with Crippen LogP contribution in [0, 0.1) is 0 Å². The summed E-state index contributed by atoms with van der Waals surface area (Å²) in [5.74, 6) is -0.185. The molecule has 1 amide bonds. The Bertz CT molecular complexity index is 662. The van der Waals surface area contributed by atoms with Gasteiger partial charge >= 0.3 is 0 Å². The predicted octanol–water partition coefficient (Wildman–Crippen LogP) is 4.27. The van der Waals surface area contributed by atoms with E-state index in [-0.39, 0.29) is 12.5 Å². The van der Waals surface area contributed by atoms with Gasteiger partial charge in [-0.25, -0.2) is 0 Å². The van der Waals surface area contributed by atoms with E-state index in [0.717, 1.165) is 38.5 Å². The van der Waals surface area contributed by atoms with E-state index in [2.05, 4.69) is 19.2 Å². The minimum atomic E-state index is -1.56. The average Bonchev–Trinajstić information content (AvgIpc) is 2.97. The highest BCUT2D eigenvalue weighted by Crippen LogP contribution is 2.22. The summed E-state index contributed by atoms with van der Waals surface area (Å²) in [4.78, 5) is 12.7. The van der Waals surface area contributed by atoms with Gasteiger partial charge in [-0.3, -0.25) is 4.79 Å². The summed E-state index contributed by atoms with van der Waals surface area (Å²) >= 11 is 0. The van der Waals surface area contributed by atoms with Crippen molar-refractivity contribution in [3.63, 3.8) is 0 Å². The Balaban J connectivity index is 2.56. The van der Waals surface area contributed by atoms with Crippen molar-refractivity contribution < 1.29 is 39.8 Å². The minimum Gasteiger partial charge on any atom is -0.394 e. The summed E-state index contributed by atoms with van der Waals surface area (Å²) in [6, 6.07) is -0.793. The minimum absolute atomic E-state index is 0.185. The van der Waals surface area contributed by atoms with Gasteiger partial charge in [0.1, 0.15) is 24.4 Å². The van der Waals surface area contributed by atoms with Crippen LogP contribution in [0.15, 0.2) is 12.2 Å². The molecule has 6 N–H and O–H groups in total. The summed E-state index contributed by atoms with van der Waals surface area (Å²) in [6.07, 6.45) is 15.5. The zero-order valence-electron chi connectivity index (χ0n) is 25.8. The van der Waals surface area contributed by atoms with E-state index < -0.39 is 49.5 Å². The molecule has 9 nitrogen and oxygen atoms in total. The lowest BCUT2D eigenvalue weighted by atomic mass is 9.99. The second-order valence-corrected chi connectivity index (χ2v) is 11.6. The number of ether oxygens (including phenoxy) is 2. The first kappa shape index (κ1) is 38.0. The van der Waals surface area contributed by atoms with Gasteiger partial charge in [0.15, 0.2) is 6.29 Å². The number of aliphatic hydroxyl groups is 5. The number of nitrogens with one attached hydrogen (secondary N) is 1. The van der Waals surface area contributed by atoms with Gasteiger partial charge in [-0.05, 0) is 19.3 Å². The van der Waals surface area contributed by atoms with Gasteiger partial charge in [-0.2, -0.15) is 0 Å². The molecule has 1 saturated heterocycles. The first-order chi connectivity index (χ1) is 19.8. The standard InChI is InChI=1S/C32H61NO8/c1-3-5-7-9-11-13-15-17-19-21-26(35)25(24-40-32-31(39)30(38)29(37)27(23-34)41-32)33-28(36)22-20-18-16-14-12-10-8-6-4-2/h19,21,25-27,29-32,34-35,37-39H,3-18,20,22-24H2,1-2H3,(H,33,36)/b21-19+/t25-,26+,27+,29+,30?,31?,32+/m0/s1. The van der Waals surface area contributed by atoms with Crippen LogP contribution >= 0.6 is 0 Å². The lowest BCUT2D eigenvalue weighted by molar-refractivity contribution is -0.302. The molecule has 1 rings (SSSR count). The summed E-state index contributed by atoms with van der Waals surface area (Å²) in [5, 5.41) is 53.5. The Morgan fingerprint density at radius 2 is 1.34 bits per heavy atom. The van der Waals surface area contributed by atoms with E-state index >= 15 is 0 Å². The molecule has 1 heterocycles. The van der Waals surface area contributed by atoms with Crippen LogP contribution in [-0.2, 0) is 14.3 Å². The van der Waals surface area contributed by atoms with Gasteiger partial charge in [-0.15, -0.1) is 0 Å². The molecule has 1 fully saturated rings. The Morgan fingerprint density at radius 3 is 1.90 bits per heavy atom. The van der Waals surface area contributed by atoms with Crippen molar-refractivity contribution in [3.8, 4) is 0 Å². The molecule has 0 radical (unpaired) electrons. The topological polar surface area (TPSA) is 149 Å². The first-order valence-electron chi connectivity index (χ1n) is 16.4. The second-order valence-electron chi connectivity index (χ2n) is 11.6. The number of carbonyl (C=O) groups excluding carboxylic acids is 1. The molecule has 242 valence electrons. The van der Waals surface area contributed by atoms with Gasteiger partial charge in [0.2, 0.25) is 5.91 Å². The van der Waals surface area contributed by atoms with Crippen LogP contribution in [0.4, 0.5) is 0 Å².